The molecule has 0 aliphatic rings. The lowest BCUT2D eigenvalue weighted by Crippen LogP contribution is -2.38. The van der Waals surface area contributed by atoms with Crippen LogP contribution in [0.2, 0.25) is 0 Å². The normalized spacial score (nSPS) is 12.3. The Balaban J connectivity index is 2.82. The fourth-order valence-corrected chi connectivity index (χ4v) is 2.45. The lowest BCUT2D eigenvalue weighted by atomic mass is 10.1. The Bertz CT molecular complexity index is 717. The van der Waals surface area contributed by atoms with Gasteiger partial charge in [0.25, 0.3) is 10.0 Å². The van der Waals surface area contributed by atoms with E-state index in [9.17, 15) is 18.0 Å². The maximum atomic E-state index is 12.0. The standard InChI is InChI=1S/C16H17NO5S/c1-3-8-14(16(19)22-4-2)15(18)17-23(20,21)12-11-13-9-6-5-7-10-13/h1,5-7,9-12,14H,4,8H2,2H3,(H,17,18). The van der Waals surface area contributed by atoms with Crippen LogP contribution in [0, 0.1) is 18.3 Å². The number of hydrogen-bond acceptors (Lipinski definition) is 5. The lowest BCUT2D eigenvalue weighted by molar-refractivity contribution is -0.151. The molecule has 122 valence electrons. The summed E-state index contributed by atoms with van der Waals surface area (Å²) in [4.78, 5) is 23.6. The van der Waals surface area contributed by atoms with Crippen molar-refractivity contribution in [3.63, 3.8) is 0 Å². The molecule has 0 saturated heterocycles. The van der Waals surface area contributed by atoms with Crippen molar-refractivity contribution in [2.75, 3.05) is 6.61 Å². The van der Waals surface area contributed by atoms with Gasteiger partial charge in [-0.2, -0.15) is 0 Å². The number of ether oxygens (including phenoxy) is 1. The zero-order chi connectivity index (χ0) is 17.3. The number of sulfonamides is 1. The number of amides is 1. The molecule has 1 amide bonds. The van der Waals surface area contributed by atoms with E-state index in [1.165, 1.54) is 6.08 Å². The third-order valence-electron chi connectivity index (χ3n) is 2.69. The number of hydrogen-bond donors (Lipinski definition) is 1. The summed E-state index contributed by atoms with van der Waals surface area (Å²) in [6, 6.07) is 8.68. The van der Waals surface area contributed by atoms with Gasteiger partial charge in [-0.1, -0.05) is 30.3 Å². The van der Waals surface area contributed by atoms with Crippen LogP contribution in [0.3, 0.4) is 0 Å². The predicted octanol–water partition coefficient (Wildman–Crippen LogP) is 1.31. The van der Waals surface area contributed by atoms with Crippen molar-refractivity contribution >= 4 is 28.0 Å². The van der Waals surface area contributed by atoms with Crippen molar-refractivity contribution < 1.29 is 22.7 Å². The van der Waals surface area contributed by atoms with Gasteiger partial charge >= 0.3 is 5.97 Å². The van der Waals surface area contributed by atoms with E-state index in [-0.39, 0.29) is 13.0 Å². The van der Waals surface area contributed by atoms with E-state index in [2.05, 4.69) is 5.92 Å². The third-order valence-corrected chi connectivity index (χ3v) is 3.67. The molecular formula is C16H17NO5S. The first kappa shape index (κ1) is 18.5. The number of carbonyl (C=O) groups is 2. The fourth-order valence-electron chi connectivity index (χ4n) is 1.62. The molecule has 1 aromatic carbocycles. The molecule has 23 heavy (non-hydrogen) atoms. The molecule has 0 radical (unpaired) electrons. The average Bonchev–Trinajstić information content (AvgIpc) is 2.51. The highest BCUT2D eigenvalue weighted by atomic mass is 32.2. The van der Waals surface area contributed by atoms with E-state index in [1.54, 1.807) is 42.0 Å². The smallest absolute Gasteiger partial charge is 0.319 e. The second-order valence-electron chi connectivity index (χ2n) is 4.44. The molecule has 0 bridgehead atoms. The van der Waals surface area contributed by atoms with E-state index in [0.717, 1.165) is 5.41 Å². The van der Waals surface area contributed by atoms with Crippen LogP contribution in [0.1, 0.15) is 18.9 Å². The quantitative estimate of drug-likeness (QED) is 0.461. The molecule has 1 atom stereocenters. The van der Waals surface area contributed by atoms with Crippen LogP contribution in [0.4, 0.5) is 0 Å². The Kier molecular flexibility index (Phi) is 7.03. The maximum Gasteiger partial charge on any atom is 0.319 e. The number of terminal acetylenes is 1. The number of nitrogens with one attached hydrogen (secondary N) is 1. The number of esters is 1. The first-order valence-electron chi connectivity index (χ1n) is 6.79. The lowest BCUT2D eigenvalue weighted by Gasteiger charge is -2.12. The monoisotopic (exact) mass is 335 g/mol. The van der Waals surface area contributed by atoms with Crippen LogP contribution >= 0.6 is 0 Å². The molecule has 1 aromatic rings. The highest BCUT2D eigenvalue weighted by molar-refractivity contribution is 7.93. The Labute approximate surface area is 135 Å². The summed E-state index contributed by atoms with van der Waals surface area (Å²) < 4.78 is 30.3. The molecule has 0 saturated carbocycles. The summed E-state index contributed by atoms with van der Waals surface area (Å²) in [5.74, 6) is -1.08. The van der Waals surface area contributed by atoms with Gasteiger partial charge in [0.1, 0.15) is 5.92 Å². The van der Waals surface area contributed by atoms with Gasteiger partial charge in [0.15, 0.2) is 0 Å². The van der Waals surface area contributed by atoms with Crippen LogP contribution in [0.15, 0.2) is 35.7 Å². The molecule has 0 spiro atoms. The molecule has 0 aliphatic heterocycles. The highest BCUT2D eigenvalue weighted by Crippen LogP contribution is 2.08. The Morgan fingerprint density at radius 3 is 2.57 bits per heavy atom. The highest BCUT2D eigenvalue weighted by Gasteiger charge is 2.29. The summed E-state index contributed by atoms with van der Waals surface area (Å²) in [6.07, 6.45) is 6.18. The zero-order valence-electron chi connectivity index (χ0n) is 12.6. The molecule has 0 heterocycles. The molecule has 6 nitrogen and oxygen atoms in total. The van der Waals surface area contributed by atoms with Crippen LogP contribution in [-0.4, -0.2) is 26.9 Å². The van der Waals surface area contributed by atoms with Gasteiger partial charge in [-0.3, -0.25) is 9.59 Å². The van der Waals surface area contributed by atoms with Gasteiger partial charge in [0.05, 0.1) is 12.0 Å². The summed E-state index contributed by atoms with van der Waals surface area (Å²) in [5.41, 5.74) is 0.649. The van der Waals surface area contributed by atoms with Crippen molar-refractivity contribution in [2.45, 2.75) is 13.3 Å². The Morgan fingerprint density at radius 2 is 2.00 bits per heavy atom. The van der Waals surface area contributed by atoms with Gasteiger partial charge < -0.3 is 4.74 Å². The third kappa shape index (κ3) is 6.36. The Hall–Kier alpha value is -2.59. The van der Waals surface area contributed by atoms with Gasteiger partial charge in [0, 0.05) is 6.42 Å². The van der Waals surface area contributed by atoms with Gasteiger partial charge in [-0.05, 0) is 18.6 Å². The Morgan fingerprint density at radius 1 is 1.35 bits per heavy atom. The minimum absolute atomic E-state index is 0.0633. The van der Waals surface area contributed by atoms with Crippen molar-refractivity contribution in [3.05, 3.63) is 41.3 Å². The molecular weight excluding hydrogens is 318 g/mol. The summed E-state index contributed by atoms with van der Waals surface area (Å²) >= 11 is 0. The number of benzene rings is 1. The van der Waals surface area contributed by atoms with Gasteiger partial charge in [0.2, 0.25) is 5.91 Å². The minimum Gasteiger partial charge on any atom is -0.465 e. The SMILES string of the molecule is C#CCC(C(=O)NS(=O)(=O)C=Cc1ccccc1)C(=O)OCC. The van der Waals surface area contributed by atoms with E-state index in [4.69, 9.17) is 11.2 Å². The van der Waals surface area contributed by atoms with Crippen molar-refractivity contribution in [3.8, 4) is 12.3 Å². The van der Waals surface area contributed by atoms with Crippen LogP contribution in [0.25, 0.3) is 6.08 Å². The number of rotatable bonds is 7. The molecule has 0 fully saturated rings. The molecule has 1 N–H and O–H groups in total. The average molecular weight is 335 g/mol. The van der Waals surface area contributed by atoms with Crippen LogP contribution in [-0.2, 0) is 24.3 Å². The summed E-state index contributed by atoms with van der Waals surface area (Å²) in [7, 11) is -4.05. The van der Waals surface area contributed by atoms with E-state index in [0.29, 0.717) is 5.56 Å². The van der Waals surface area contributed by atoms with Crippen molar-refractivity contribution in [1.29, 1.82) is 0 Å². The van der Waals surface area contributed by atoms with Gasteiger partial charge in [-0.25, -0.2) is 13.1 Å². The van der Waals surface area contributed by atoms with Crippen molar-refractivity contribution in [1.82, 2.24) is 4.72 Å². The topological polar surface area (TPSA) is 89.5 Å². The molecule has 1 rings (SSSR count). The summed E-state index contributed by atoms with van der Waals surface area (Å²) in [5, 5.41) is 0.846. The second kappa shape index (κ2) is 8.76. The summed E-state index contributed by atoms with van der Waals surface area (Å²) in [6.45, 7) is 1.63. The molecule has 0 aromatic heterocycles. The predicted molar refractivity (Wildman–Crippen MR) is 86.1 cm³/mol. The number of carbonyl (C=O) groups excluding carboxylic acids is 2. The van der Waals surface area contributed by atoms with E-state index in [1.807, 2.05) is 0 Å². The zero-order valence-corrected chi connectivity index (χ0v) is 13.4. The molecule has 1 unspecified atom stereocenters. The molecule has 0 aliphatic carbocycles. The van der Waals surface area contributed by atoms with E-state index >= 15 is 0 Å². The van der Waals surface area contributed by atoms with Crippen LogP contribution in [0.5, 0.6) is 0 Å². The maximum absolute atomic E-state index is 12.0. The van der Waals surface area contributed by atoms with Crippen molar-refractivity contribution in [2.24, 2.45) is 5.92 Å². The van der Waals surface area contributed by atoms with Crippen LogP contribution < -0.4 is 4.72 Å². The largest absolute Gasteiger partial charge is 0.465 e. The van der Waals surface area contributed by atoms with Gasteiger partial charge in [-0.15, -0.1) is 12.3 Å². The first-order valence-corrected chi connectivity index (χ1v) is 8.34. The second-order valence-corrected chi connectivity index (χ2v) is 6.00. The van der Waals surface area contributed by atoms with E-state index < -0.39 is 27.8 Å². The molecule has 7 heteroatoms. The first-order chi connectivity index (χ1) is 10.9. The minimum atomic E-state index is -4.05. The fraction of sp³-hybridized carbons (Fsp3) is 0.250.